The van der Waals surface area contributed by atoms with E-state index in [2.05, 4.69) is 34.4 Å². The van der Waals surface area contributed by atoms with Gasteiger partial charge in [-0.1, -0.05) is 19.3 Å². The summed E-state index contributed by atoms with van der Waals surface area (Å²) in [4.78, 5) is 10.00. The molecular weight excluding hydrogens is 354 g/mol. The van der Waals surface area contributed by atoms with Crippen LogP contribution in [0.25, 0.3) is 0 Å². The molecule has 1 aliphatic carbocycles. The molecule has 0 spiro atoms. The minimum Gasteiger partial charge on any atom is -0.383 e. The SMILES string of the molecule is CCNC(=NCC1(N2CCOCC2)CCCCC1)NCCCN(C)CCOC. The average molecular weight is 398 g/mol. The van der Waals surface area contributed by atoms with Gasteiger partial charge in [0, 0.05) is 45.4 Å². The molecule has 1 aliphatic heterocycles. The molecule has 2 rings (SSSR count). The van der Waals surface area contributed by atoms with Gasteiger partial charge in [0.2, 0.25) is 0 Å². The van der Waals surface area contributed by atoms with Gasteiger partial charge in [0.15, 0.2) is 5.96 Å². The number of ether oxygens (including phenoxy) is 2. The molecule has 7 heteroatoms. The molecule has 1 saturated heterocycles. The van der Waals surface area contributed by atoms with Gasteiger partial charge in [-0.3, -0.25) is 9.89 Å². The first-order chi connectivity index (χ1) is 13.7. The lowest BCUT2D eigenvalue weighted by Crippen LogP contribution is -2.56. The Morgan fingerprint density at radius 2 is 1.89 bits per heavy atom. The van der Waals surface area contributed by atoms with E-state index in [0.29, 0.717) is 0 Å². The average Bonchev–Trinajstić information content (AvgIpc) is 2.74. The number of hydrogen-bond acceptors (Lipinski definition) is 5. The van der Waals surface area contributed by atoms with Crippen molar-refractivity contribution in [3.05, 3.63) is 0 Å². The lowest BCUT2D eigenvalue weighted by atomic mass is 9.80. The molecule has 0 amide bonds. The molecule has 0 atom stereocenters. The van der Waals surface area contributed by atoms with Crippen molar-refractivity contribution in [2.45, 2.75) is 51.0 Å². The second kappa shape index (κ2) is 13.4. The maximum atomic E-state index is 5.59. The van der Waals surface area contributed by atoms with Crippen LogP contribution in [0.1, 0.15) is 45.4 Å². The highest BCUT2D eigenvalue weighted by molar-refractivity contribution is 5.79. The highest BCUT2D eigenvalue weighted by atomic mass is 16.5. The Bertz CT molecular complexity index is 435. The number of morpholine rings is 1. The van der Waals surface area contributed by atoms with Crippen molar-refractivity contribution in [3.8, 4) is 0 Å². The molecule has 0 aromatic heterocycles. The van der Waals surface area contributed by atoms with Gasteiger partial charge < -0.3 is 25.0 Å². The third-order valence-electron chi connectivity index (χ3n) is 6.03. The molecule has 2 fully saturated rings. The van der Waals surface area contributed by atoms with Gasteiger partial charge in [-0.2, -0.15) is 0 Å². The van der Waals surface area contributed by atoms with Crippen molar-refractivity contribution in [1.29, 1.82) is 0 Å². The number of aliphatic imine (C=N–C) groups is 1. The van der Waals surface area contributed by atoms with Gasteiger partial charge in [-0.15, -0.1) is 0 Å². The predicted molar refractivity (Wildman–Crippen MR) is 116 cm³/mol. The molecule has 28 heavy (non-hydrogen) atoms. The molecule has 2 aliphatic rings. The fourth-order valence-electron chi connectivity index (χ4n) is 4.30. The van der Waals surface area contributed by atoms with Gasteiger partial charge in [-0.25, -0.2) is 0 Å². The van der Waals surface area contributed by atoms with E-state index in [1.54, 1.807) is 7.11 Å². The van der Waals surface area contributed by atoms with Crippen LogP contribution in [0.4, 0.5) is 0 Å². The van der Waals surface area contributed by atoms with Crippen molar-refractivity contribution in [2.75, 3.05) is 79.8 Å². The zero-order chi connectivity index (χ0) is 20.1. The molecule has 0 aromatic rings. The van der Waals surface area contributed by atoms with Crippen LogP contribution in [0.2, 0.25) is 0 Å². The van der Waals surface area contributed by atoms with Crippen molar-refractivity contribution < 1.29 is 9.47 Å². The Morgan fingerprint density at radius 1 is 1.14 bits per heavy atom. The summed E-state index contributed by atoms with van der Waals surface area (Å²) in [6.07, 6.45) is 7.64. The lowest BCUT2D eigenvalue weighted by molar-refractivity contribution is -0.0333. The van der Waals surface area contributed by atoms with Crippen LogP contribution < -0.4 is 10.6 Å². The summed E-state index contributed by atoms with van der Waals surface area (Å²) in [7, 11) is 3.90. The fourth-order valence-corrected chi connectivity index (χ4v) is 4.30. The van der Waals surface area contributed by atoms with Gasteiger partial charge in [0.1, 0.15) is 0 Å². The second-order valence-corrected chi connectivity index (χ2v) is 8.16. The molecule has 2 N–H and O–H groups in total. The number of hydrogen-bond donors (Lipinski definition) is 2. The summed E-state index contributed by atoms with van der Waals surface area (Å²) < 4.78 is 10.7. The van der Waals surface area contributed by atoms with Crippen LogP contribution >= 0.6 is 0 Å². The van der Waals surface area contributed by atoms with E-state index < -0.39 is 0 Å². The Hall–Kier alpha value is -0.890. The minimum absolute atomic E-state index is 0.227. The first-order valence-corrected chi connectivity index (χ1v) is 11.2. The van der Waals surface area contributed by atoms with Crippen LogP contribution in [0.5, 0.6) is 0 Å². The van der Waals surface area contributed by atoms with Crippen LogP contribution in [-0.2, 0) is 9.47 Å². The Morgan fingerprint density at radius 3 is 2.57 bits per heavy atom. The monoisotopic (exact) mass is 397 g/mol. The van der Waals surface area contributed by atoms with E-state index in [0.717, 1.165) is 78.0 Å². The number of guanidine groups is 1. The molecular formula is C21H43N5O2. The summed E-state index contributed by atoms with van der Waals surface area (Å²) in [5.74, 6) is 0.959. The number of nitrogens with zero attached hydrogens (tertiary/aromatic N) is 3. The Labute approximate surface area is 172 Å². The van der Waals surface area contributed by atoms with Crippen molar-refractivity contribution in [1.82, 2.24) is 20.4 Å². The molecule has 1 saturated carbocycles. The number of rotatable bonds is 11. The molecule has 0 radical (unpaired) electrons. The van der Waals surface area contributed by atoms with Gasteiger partial charge in [0.25, 0.3) is 0 Å². The number of nitrogens with one attached hydrogen (secondary N) is 2. The maximum Gasteiger partial charge on any atom is 0.191 e. The minimum atomic E-state index is 0.227. The highest BCUT2D eigenvalue weighted by Gasteiger charge is 2.38. The fraction of sp³-hybridized carbons (Fsp3) is 0.952. The molecule has 0 unspecified atom stereocenters. The normalized spacial score (nSPS) is 21.1. The number of likely N-dealkylation sites (N-methyl/N-ethyl adjacent to an activating group) is 1. The van der Waals surface area contributed by atoms with Gasteiger partial charge in [-0.05, 0) is 39.8 Å². The largest absolute Gasteiger partial charge is 0.383 e. The predicted octanol–water partition coefficient (Wildman–Crippen LogP) is 1.54. The summed E-state index contributed by atoms with van der Waals surface area (Å²) in [6, 6.07) is 0. The van der Waals surface area contributed by atoms with E-state index in [1.165, 1.54) is 32.1 Å². The van der Waals surface area contributed by atoms with Crippen molar-refractivity contribution in [3.63, 3.8) is 0 Å². The third-order valence-corrected chi connectivity index (χ3v) is 6.03. The summed E-state index contributed by atoms with van der Waals surface area (Å²) in [5.41, 5.74) is 0.227. The van der Waals surface area contributed by atoms with Crippen LogP contribution in [-0.4, -0.2) is 101 Å². The summed E-state index contributed by atoms with van der Waals surface area (Å²) in [6.45, 7) is 11.5. The summed E-state index contributed by atoms with van der Waals surface area (Å²) in [5, 5.41) is 6.96. The van der Waals surface area contributed by atoms with Gasteiger partial charge in [0.05, 0.1) is 26.4 Å². The number of methoxy groups -OCH3 is 1. The zero-order valence-electron chi connectivity index (χ0n) is 18.5. The Kier molecular flexibility index (Phi) is 11.2. The third kappa shape index (κ3) is 7.85. The second-order valence-electron chi connectivity index (χ2n) is 8.16. The summed E-state index contributed by atoms with van der Waals surface area (Å²) >= 11 is 0. The van der Waals surface area contributed by atoms with E-state index in [4.69, 9.17) is 14.5 Å². The molecule has 1 heterocycles. The topological polar surface area (TPSA) is 61.4 Å². The highest BCUT2D eigenvalue weighted by Crippen LogP contribution is 2.34. The van der Waals surface area contributed by atoms with E-state index in [1.807, 2.05) is 0 Å². The van der Waals surface area contributed by atoms with Crippen molar-refractivity contribution >= 4 is 5.96 Å². The van der Waals surface area contributed by atoms with E-state index in [9.17, 15) is 0 Å². The molecule has 0 bridgehead atoms. The van der Waals surface area contributed by atoms with Crippen LogP contribution in [0.15, 0.2) is 4.99 Å². The Balaban J connectivity index is 1.85. The molecule has 164 valence electrons. The standard InChI is InChI=1S/C21H43N5O2/c1-4-22-20(23-11-8-12-25(2)13-16-27-3)24-19-21(9-6-5-7-10-21)26-14-17-28-18-15-26/h4-19H2,1-3H3,(H2,22,23,24). The molecule has 7 nitrogen and oxygen atoms in total. The van der Waals surface area contributed by atoms with E-state index >= 15 is 0 Å². The van der Waals surface area contributed by atoms with Crippen molar-refractivity contribution in [2.24, 2.45) is 4.99 Å². The van der Waals surface area contributed by atoms with Crippen LogP contribution in [0, 0.1) is 0 Å². The van der Waals surface area contributed by atoms with Crippen LogP contribution in [0.3, 0.4) is 0 Å². The molecule has 0 aromatic carbocycles. The first kappa shape index (κ1) is 23.4. The van der Waals surface area contributed by atoms with Gasteiger partial charge >= 0.3 is 0 Å². The zero-order valence-corrected chi connectivity index (χ0v) is 18.5. The smallest absolute Gasteiger partial charge is 0.191 e. The lowest BCUT2D eigenvalue weighted by Gasteiger charge is -2.47. The quantitative estimate of drug-likeness (QED) is 0.313. The first-order valence-electron chi connectivity index (χ1n) is 11.2. The maximum absolute atomic E-state index is 5.59. The van der Waals surface area contributed by atoms with E-state index in [-0.39, 0.29) is 5.54 Å².